The molecule has 2 heterocycles. The molecular formula is C26H20O8. The van der Waals surface area contributed by atoms with Crippen molar-refractivity contribution in [3.8, 4) is 0 Å². The molecular weight excluding hydrogens is 440 g/mol. The Morgan fingerprint density at radius 3 is 1.35 bits per heavy atom. The lowest BCUT2D eigenvalue weighted by Crippen LogP contribution is -2.84. The Kier molecular flexibility index (Phi) is 4.89. The summed E-state index contributed by atoms with van der Waals surface area (Å²) in [5.74, 6) is -5.71. The predicted molar refractivity (Wildman–Crippen MR) is 117 cm³/mol. The molecule has 8 heteroatoms. The minimum absolute atomic E-state index is 0.159. The molecule has 4 atom stereocenters. The second-order valence-electron chi connectivity index (χ2n) is 8.15. The van der Waals surface area contributed by atoms with Gasteiger partial charge in [-0.2, -0.15) is 0 Å². The van der Waals surface area contributed by atoms with Crippen molar-refractivity contribution in [1.82, 2.24) is 0 Å². The fourth-order valence-corrected chi connectivity index (χ4v) is 5.09. The molecule has 2 aromatic rings. The third-order valence-electron chi connectivity index (χ3n) is 6.59. The predicted octanol–water partition coefficient (Wildman–Crippen LogP) is 2.34. The largest absolute Gasteiger partial charge is 0.473 e. The van der Waals surface area contributed by atoms with Crippen molar-refractivity contribution in [2.24, 2.45) is 11.8 Å². The van der Waals surface area contributed by atoms with E-state index in [1.54, 1.807) is 60.7 Å². The lowest BCUT2D eigenvalue weighted by molar-refractivity contribution is -0.260. The van der Waals surface area contributed by atoms with Gasteiger partial charge < -0.3 is 18.9 Å². The third-order valence-corrected chi connectivity index (χ3v) is 6.59. The molecule has 0 unspecified atom stereocenters. The molecule has 0 saturated heterocycles. The van der Waals surface area contributed by atoms with Crippen LogP contribution in [-0.2, 0) is 38.1 Å². The molecule has 2 aliphatic heterocycles. The molecule has 0 bridgehead atoms. The molecule has 1 fully saturated rings. The van der Waals surface area contributed by atoms with Crippen LogP contribution in [0.4, 0.5) is 0 Å². The third kappa shape index (κ3) is 2.65. The maximum Gasteiger partial charge on any atom is 0.314 e. The van der Waals surface area contributed by atoms with Gasteiger partial charge >= 0.3 is 11.9 Å². The van der Waals surface area contributed by atoms with Crippen molar-refractivity contribution in [1.29, 1.82) is 0 Å². The number of carbonyl (C=O) groups is 4. The monoisotopic (exact) mass is 460 g/mol. The summed E-state index contributed by atoms with van der Waals surface area (Å²) in [6.45, 7) is 0. The van der Waals surface area contributed by atoms with Crippen molar-refractivity contribution in [3.05, 3.63) is 83.9 Å². The van der Waals surface area contributed by atoms with Gasteiger partial charge in [0.2, 0.25) is 22.8 Å². The fourth-order valence-electron chi connectivity index (χ4n) is 5.09. The molecule has 172 valence electrons. The lowest BCUT2D eigenvalue weighted by Gasteiger charge is -2.58. The van der Waals surface area contributed by atoms with E-state index in [4.69, 9.17) is 18.9 Å². The van der Waals surface area contributed by atoms with Gasteiger partial charge in [0.25, 0.3) is 0 Å². The van der Waals surface area contributed by atoms with Gasteiger partial charge in [0.15, 0.2) is 0 Å². The minimum atomic E-state index is -2.13. The highest BCUT2D eigenvalue weighted by Gasteiger charge is 2.89. The van der Waals surface area contributed by atoms with E-state index in [9.17, 15) is 19.2 Å². The number of carbonyl (C=O) groups excluding carboxylic acids is 4. The molecule has 0 aromatic heterocycles. The van der Waals surface area contributed by atoms with E-state index in [2.05, 4.69) is 0 Å². The highest BCUT2D eigenvalue weighted by Crippen LogP contribution is 2.64. The standard InChI is InChI=1S/C26H20O8/c1-31-23(29)21-22(24(30)32-2)26(20(28)14-18(34-26)16-11-7-4-8-12-16)25(21)19(27)13-17(33-25)15-9-5-3-6-10-15/h3-14,21-22H,1-2H3/t21-,22+,25-,26-/m1/s1. The Morgan fingerprint density at radius 1 is 0.676 bits per heavy atom. The van der Waals surface area contributed by atoms with Crippen LogP contribution < -0.4 is 0 Å². The zero-order valence-corrected chi connectivity index (χ0v) is 18.3. The second kappa shape index (κ2) is 7.69. The van der Waals surface area contributed by atoms with E-state index in [0.29, 0.717) is 11.1 Å². The van der Waals surface area contributed by atoms with E-state index in [-0.39, 0.29) is 11.5 Å². The first-order valence-corrected chi connectivity index (χ1v) is 10.6. The summed E-state index contributed by atoms with van der Waals surface area (Å²) >= 11 is 0. The first kappa shape index (κ1) is 21.6. The van der Waals surface area contributed by atoms with E-state index >= 15 is 0 Å². The molecule has 2 spiro atoms. The number of ether oxygens (including phenoxy) is 4. The van der Waals surface area contributed by atoms with Gasteiger partial charge in [-0.15, -0.1) is 0 Å². The van der Waals surface area contributed by atoms with Crippen LogP contribution in [0.25, 0.3) is 11.5 Å². The zero-order valence-electron chi connectivity index (χ0n) is 18.3. The van der Waals surface area contributed by atoms with E-state index in [0.717, 1.165) is 14.2 Å². The summed E-state index contributed by atoms with van der Waals surface area (Å²) in [7, 11) is 2.26. The van der Waals surface area contributed by atoms with Gasteiger partial charge in [-0.25, -0.2) is 0 Å². The summed E-state index contributed by atoms with van der Waals surface area (Å²) in [4.78, 5) is 53.0. The van der Waals surface area contributed by atoms with Crippen molar-refractivity contribution < 1.29 is 38.1 Å². The summed E-state index contributed by atoms with van der Waals surface area (Å²) in [6.07, 6.45) is 2.44. The van der Waals surface area contributed by atoms with Crippen LogP contribution in [-0.4, -0.2) is 48.9 Å². The number of hydrogen-bond donors (Lipinski definition) is 0. The summed E-state index contributed by atoms with van der Waals surface area (Å²) in [6, 6.07) is 17.5. The van der Waals surface area contributed by atoms with Gasteiger partial charge in [0.05, 0.1) is 14.2 Å². The van der Waals surface area contributed by atoms with Crippen molar-refractivity contribution >= 4 is 35.0 Å². The van der Waals surface area contributed by atoms with Crippen molar-refractivity contribution in [3.63, 3.8) is 0 Å². The van der Waals surface area contributed by atoms with Crippen LogP contribution in [0.3, 0.4) is 0 Å². The fraction of sp³-hybridized carbons (Fsp3) is 0.231. The quantitative estimate of drug-likeness (QED) is 0.641. The number of rotatable bonds is 4. The van der Waals surface area contributed by atoms with E-state index in [1.807, 2.05) is 0 Å². The molecule has 1 aliphatic carbocycles. The summed E-state index contributed by atoms with van der Waals surface area (Å²) < 4.78 is 22.2. The second-order valence-corrected chi connectivity index (χ2v) is 8.15. The van der Waals surface area contributed by atoms with Crippen molar-refractivity contribution in [2.75, 3.05) is 14.2 Å². The van der Waals surface area contributed by atoms with Crippen LogP contribution in [0, 0.1) is 11.8 Å². The Bertz CT molecular complexity index is 1160. The molecule has 3 aliphatic rings. The maximum atomic E-state index is 13.6. The van der Waals surface area contributed by atoms with Crippen LogP contribution in [0.1, 0.15) is 11.1 Å². The Hall–Kier alpha value is -4.20. The smallest absolute Gasteiger partial charge is 0.314 e. The number of benzene rings is 2. The SMILES string of the molecule is COC(=O)[C@@H]1[C@H](C(=O)OC)[C@@]2(OC(c3ccccc3)=CC2=O)[C@]12OC(c1ccccc1)=CC2=O. The average molecular weight is 460 g/mol. The Labute approximate surface area is 194 Å². The molecule has 0 radical (unpaired) electrons. The van der Waals surface area contributed by atoms with Crippen LogP contribution in [0.15, 0.2) is 72.8 Å². The van der Waals surface area contributed by atoms with E-state index in [1.165, 1.54) is 12.2 Å². The molecule has 1 saturated carbocycles. The molecule has 34 heavy (non-hydrogen) atoms. The normalized spacial score (nSPS) is 29.1. The number of hydrogen-bond acceptors (Lipinski definition) is 8. The summed E-state index contributed by atoms with van der Waals surface area (Å²) in [5.41, 5.74) is -3.13. The summed E-state index contributed by atoms with van der Waals surface area (Å²) in [5, 5.41) is 0. The number of ketones is 2. The van der Waals surface area contributed by atoms with Crippen LogP contribution >= 0.6 is 0 Å². The van der Waals surface area contributed by atoms with Gasteiger partial charge in [0, 0.05) is 23.3 Å². The number of methoxy groups -OCH3 is 2. The van der Waals surface area contributed by atoms with Crippen LogP contribution in [0.2, 0.25) is 0 Å². The first-order chi connectivity index (χ1) is 16.4. The van der Waals surface area contributed by atoms with Crippen LogP contribution in [0.5, 0.6) is 0 Å². The highest BCUT2D eigenvalue weighted by molar-refractivity contribution is 6.21. The van der Waals surface area contributed by atoms with Gasteiger partial charge in [-0.3, -0.25) is 19.2 Å². The molecule has 5 rings (SSSR count). The van der Waals surface area contributed by atoms with Gasteiger partial charge in [-0.1, -0.05) is 60.7 Å². The van der Waals surface area contributed by atoms with Crippen molar-refractivity contribution in [2.45, 2.75) is 11.2 Å². The molecule has 0 amide bonds. The Morgan fingerprint density at radius 2 is 1.03 bits per heavy atom. The van der Waals surface area contributed by atoms with Gasteiger partial charge in [0.1, 0.15) is 23.4 Å². The molecule has 8 nitrogen and oxygen atoms in total. The molecule has 2 aromatic carbocycles. The lowest BCUT2D eigenvalue weighted by atomic mass is 9.47. The maximum absolute atomic E-state index is 13.6. The number of fused-ring (bicyclic) bond motifs is 1. The Balaban J connectivity index is 1.66. The highest BCUT2D eigenvalue weighted by atomic mass is 16.6. The van der Waals surface area contributed by atoms with E-state index < -0.39 is 46.5 Å². The zero-order chi connectivity index (χ0) is 24.1. The number of esters is 2. The first-order valence-electron chi connectivity index (χ1n) is 10.6. The molecule has 0 N–H and O–H groups in total. The average Bonchev–Trinajstić information content (AvgIpc) is 3.42. The minimum Gasteiger partial charge on any atom is -0.473 e. The topological polar surface area (TPSA) is 105 Å². The van der Waals surface area contributed by atoms with Gasteiger partial charge in [-0.05, 0) is 0 Å².